The molecular formula is C11H9N3O4. The maximum Gasteiger partial charge on any atom is 0.337 e. The Morgan fingerprint density at radius 1 is 1.44 bits per heavy atom. The first-order chi connectivity index (χ1) is 8.56. The maximum atomic E-state index is 11.4. The molecule has 18 heavy (non-hydrogen) atoms. The lowest BCUT2D eigenvalue weighted by molar-refractivity contribution is 0.0696. The number of aromatic carboxylic acids is 1. The van der Waals surface area contributed by atoms with Gasteiger partial charge in [-0.3, -0.25) is 4.79 Å². The average Bonchev–Trinajstić information content (AvgIpc) is 2.34. The summed E-state index contributed by atoms with van der Waals surface area (Å²) in [6.07, 6.45) is 1.15. The summed E-state index contributed by atoms with van der Waals surface area (Å²) in [7, 11) is 0. The Morgan fingerprint density at radius 2 is 2.22 bits per heavy atom. The maximum absolute atomic E-state index is 11.4. The van der Waals surface area contributed by atoms with E-state index in [0.29, 0.717) is 5.69 Å². The molecule has 0 bridgehead atoms. The van der Waals surface area contributed by atoms with Crippen LogP contribution >= 0.6 is 0 Å². The van der Waals surface area contributed by atoms with Crippen LogP contribution in [0.3, 0.4) is 0 Å². The molecule has 0 amide bonds. The van der Waals surface area contributed by atoms with Gasteiger partial charge in [0.25, 0.3) is 0 Å². The number of aromatic nitrogens is 3. The molecule has 2 aromatic heterocycles. The minimum Gasteiger partial charge on any atom is -0.478 e. The van der Waals surface area contributed by atoms with E-state index < -0.39 is 11.5 Å². The molecule has 0 atom stereocenters. The van der Waals surface area contributed by atoms with Crippen molar-refractivity contribution >= 4 is 5.97 Å². The van der Waals surface area contributed by atoms with Crippen LogP contribution in [0.2, 0.25) is 0 Å². The Labute approximate surface area is 101 Å². The molecule has 2 heterocycles. The molecule has 7 heteroatoms. The zero-order valence-corrected chi connectivity index (χ0v) is 9.38. The summed E-state index contributed by atoms with van der Waals surface area (Å²) in [5.74, 6) is -0.888. The molecule has 0 radical (unpaired) electrons. The van der Waals surface area contributed by atoms with Gasteiger partial charge in [-0.1, -0.05) is 0 Å². The SMILES string of the molecule is Cc1cc(Oc2ccc(C(=O)O)cn2)c(=O)[nH]n1. The molecule has 2 N–H and O–H groups in total. The minimum atomic E-state index is -1.08. The van der Waals surface area contributed by atoms with Gasteiger partial charge in [-0.2, -0.15) is 5.10 Å². The number of hydrogen-bond acceptors (Lipinski definition) is 5. The van der Waals surface area contributed by atoms with Crippen LogP contribution in [0, 0.1) is 6.92 Å². The predicted molar refractivity (Wildman–Crippen MR) is 60.9 cm³/mol. The highest BCUT2D eigenvalue weighted by Crippen LogP contribution is 2.15. The number of nitrogens with zero attached hydrogens (tertiary/aromatic N) is 2. The fraction of sp³-hybridized carbons (Fsp3) is 0.0909. The van der Waals surface area contributed by atoms with Crippen LogP contribution in [0.15, 0.2) is 29.2 Å². The number of rotatable bonds is 3. The first-order valence-corrected chi connectivity index (χ1v) is 5.00. The van der Waals surface area contributed by atoms with Crippen molar-refractivity contribution in [2.24, 2.45) is 0 Å². The fourth-order valence-electron chi connectivity index (χ4n) is 1.24. The van der Waals surface area contributed by atoms with E-state index in [1.807, 2.05) is 0 Å². The molecule has 7 nitrogen and oxygen atoms in total. The second-order valence-corrected chi connectivity index (χ2v) is 3.50. The molecule has 0 fully saturated rings. The highest BCUT2D eigenvalue weighted by Gasteiger charge is 2.07. The number of pyridine rings is 1. The van der Waals surface area contributed by atoms with Crippen LogP contribution in [-0.2, 0) is 0 Å². The highest BCUT2D eigenvalue weighted by atomic mass is 16.5. The van der Waals surface area contributed by atoms with Crippen LogP contribution in [0.5, 0.6) is 11.6 Å². The summed E-state index contributed by atoms with van der Waals surface area (Å²) in [4.78, 5) is 25.8. The smallest absolute Gasteiger partial charge is 0.337 e. The van der Waals surface area contributed by atoms with Crippen molar-refractivity contribution in [3.8, 4) is 11.6 Å². The van der Waals surface area contributed by atoms with Crippen molar-refractivity contribution in [2.45, 2.75) is 6.92 Å². The predicted octanol–water partition coefficient (Wildman–Crippen LogP) is 0.964. The number of aryl methyl sites for hydroxylation is 1. The van der Waals surface area contributed by atoms with Crippen LogP contribution in [0.1, 0.15) is 16.1 Å². The number of H-pyrrole nitrogens is 1. The lowest BCUT2D eigenvalue weighted by Crippen LogP contribution is -2.11. The minimum absolute atomic E-state index is 0.0437. The normalized spacial score (nSPS) is 10.1. The van der Waals surface area contributed by atoms with Gasteiger partial charge in [0.15, 0.2) is 5.75 Å². The summed E-state index contributed by atoms with van der Waals surface area (Å²) in [5.41, 5.74) is 0.152. The van der Waals surface area contributed by atoms with Crippen LogP contribution < -0.4 is 10.3 Å². The van der Waals surface area contributed by atoms with E-state index in [0.717, 1.165) is 6.20 Å². The number of ether oxygens (including phenoxy) is 1. The number of carbonyl (C=O) groups is 1. The van der Waals surface area contributed by atoms with Crippen LogP contribution in [-0.4, -0.2) is 26.3 Å². The molecule has 0 aliphatic carbocycles. The zero-order valence-electron chi connectivity index (χ0n) is 9.38. The zero-order chi connectivity index (χ0) is 13.1. The largest absolute Gasteiger partial charge is 0.478 e. The third-order valence-corrected chi connectivity index (χ3v) is 2.10. The van der Waals surface area contributed by atoms with E-state index >= 15 is 0 Å². The molecule has 0 aliphatic heterocycles. The summed E-state index contributed by atoms with van der Waals surface area (Å²) in [6, 6.07) is 4.18. The summed E-state index contributed by atoms with van der Waals surface area (Å²) < 4.78 is 5.24. The Bertz CT molecular complexity index is 633. The summed E-state index contributed by atoms with van der Waals surface area (Å²) >= 11 is 0. The van der Waals surface area contributed by atoms with Crippen molar-refractivity contribution in [1.29, 1.82) is 0 Å². The number of nitrogens with one attached hydrogen (secondary N) is 1. The quantitative estimate of drug-likeness (QED) is 0.836. The van der Waals surface area contributed by atoms with Crippen molar-refractivity contribution in [3.63, 3.8) is 0 Å². The number of aromatic amines is 1. The highest BCUT2D eigenvalue weighted by molar-refractivity contribution is 5.87. The van der Waals surface area contributed by atoms with Gasteiger partial charge in [0.05, 0.1) is 11.3 Å². The monoisotopic (exact) mass is 247 g/mol. The third kappa shape index (κ3) is 2.51. The van der Waals surface area contributed by atoms with E-state index in [1.165, 1.54) is 18.2 Å². The second-order valence-electron chi connectivity index (χ2n) is 3.50. The molecule has 0 unspecified atom stereocenters. The summed E-state index contributed by atoms with van der Waals surface area (Å²) in [5, 5.41) is 14.7. The van der Waals surface area contributed by atoms with Gasteiger partial charge >= 0.3 is 11.5 Å². The molecule has 92 valence electrons. The molecule has 0 saturated carbocycles. The molecule has 0 spiro atoms. The molecule has 0 aromatic carbocycles. The molecule has 2 rings (SSSR count). The van der Waals surface area contributed by atoms with Crippen molar-refractivity contribution < 1.29 is 14.6 Å². The first kappa shape index (κ1) is 11.8. The van der Waals surface area contributed by atoms with Crippen molar-refractivity contribution in [1.82, 2.24) is 15.2 Å². The molecule has 2 aromatic rings. The Balaban J connectivity index is 2.26. The topological polar surface area (TPSA) is 105 Å². The van der Waals surface area contributed by atoms with E-state index in [2.05, 4.69) is 15.2 Å². The van der Waals surface area contributed by atoms with E-state index in [-0.39, 0.29) is 17.2 Å². The van der Waals surface area contributed by atoms with Gasteiger partial charge in [0.1, 0.15) is 0 Å². The number of carboxylic acids is 1. The van der Waals surface area contributed by atoms with Crippen LogP contribution in [0.25, 0.3) is 0 Å². The third-order valence-electron chi connectivity index (χ3n) is 2.10. The summed E-state index contributed by atoms with van der Waals surface area (Å²) in [6.45, 7) is 1.70. The molecule has 0 saturated heterocycles. The van der Waals surface area contributed by atoms with Gasteiger partial charge in [0, 0.05) is 18.3 Å². The van der Waals surface area contributed by atoms with E-state index in [1.54, 1.807) is 6.92 Å². The molecule has 0 aliphatic rings. The molecular weight excluding hydrogens is 238 g/mol. The van der Waals surface area contributed by atoms with Gasteiger partial charge in [-0.25, -0.2) is 14.9 Å². The lowest BCUT2D eigenvalue weighted by atomic mass is 10.3. The van der Waals surface area contributed by atoms with Gasteiger partial charge in [-0.05, 0) is 13.0 Å². The van der Waals surface area contributed by atoms with Crippen molar-refractivity contribution in [2.75, 3.05) is 0 Å². The first-order valence-electron chi connectivity index (χ1n) is 5.00. The lowest BCUT2D eigenvalue weighted by Gasteiger charge is -2.03. The van der Waals surface area contributed by atoms with Crippen LogP contribution in [0.4, 0.5) is 0 Å². The average molecular weight is 247 g/mol. The van der Waals surface area contributed by atoms with Gasteiger partial charge in [0.2, 0.25) is 5.88 Å². The Morgan fingerprint density at radius 3 is 2.83 bits per heavy atom. The number of hydrogen-bond donors (Lipinski definition) is 2. The van der Waals surface area contributed by atoms with E-state index in [4.69, 9.17) is 9.84 Å². The standard InChI is InChI=1S/C11H9N3O4/c1-6-4-8(10(15)14-13-6)18-9-3-2-7(5-12-9)11(16)17/h2-5H,1H3,(H,14,15)(H,16,17). The fourth-order valence-corrected chi connectivity index (χ4v) is 1.24. The van der Waals surface area contributed by atoms with E-state index in [9.17, 15) is 9.59 Å². The number of carboxylic acid groups (broad SMARTS) is 1. The van der Waals surface area contributed by atoms with Gasteiger partial charge in [-0.15, -0.1) is 0 Å². The Kier molecular flexibility index (Phi) is 3.05. The van der Waals surface area contributed by atoms with Gasteiger partial charge < -0.3 is 9.84 Å². The van der Waals surface area contributed by atoms with Crippen molar-refractivity contribution in [3.05, 3.63) is 46.0 Å². The Hall–Kier alpha value is -2.70. The second kappa shape index (κ2) is 4.66.